The molecule has 0 saturated carbocycles. The molecular weight excluding hydrogens is 372 g/mol. The maximum Gasteiger partial charge on any atom is 0.313 e. The molecule has 0 atom stereocenters. The predicted molar refractivity (Wildman–Crippen MR) is 100 cm³/mol. The summed E-state index contributed by atoms with van der Waals surface area (Å²) in [7, 11) is 1.76. The lowest BCUT2D eigenvalue weighted by molar-refractivity contribution is -0.418. The number of hydrogen-bond donors (Lipinski definition) is 2. The van der Waals surface area contributed by atoms with Gasteiger partial charge >= 0.3 is 5.97 Å². The van der Waals surface area contributed by atoms with Crippen molar-refractivity contribution in [2.24, 2.45) is 7.05 Å². The summed E-state index contributed by atoms with van der Waals surface area (Å²) in [5, 5.41) is 31.1. The average Bonchev–Trinajstić information content (AvgIpc) is 3.18. The standard InChI is InChI=1S/C16H18N6O4S/c1-9(13-7-21(4)20-11(13)3)5-12(22(25)26)6-10(2)15-17-16(19-18-15)27-8-14(23)24/h5-7H,1,8H2,2-4H3,(H,23,24)(H,17,18,19). The minimum absolute atomic E-state index is 0.170. The molecule has 10 nitrogen and oxygen atoms in total. The number of allylic oxidation sites excluding steroid dienone is 4. The summed E-state index contributed by atoms with van der Waals surface area (Å²) in [5.74, 6) is -0.843. The lowest BCUT2D eigenvalue weighted by Crippen LogP contribution is -1.98. The second-order valence-corrected chi connectivity index (χ2v) is 6.57. The van der Waals surface area contributed by atoms with Gasteiger partial charge in [-0.15, -0.1) is 5.10 Å². The van der Waals surface area contributed by atoms with Crippen LogP contribution < -0.4 is 0 Å². The Morgan fingerprint density at radius 3 is 2.78 bits per heavy atom. The molecule has 0 aliphatic rings. The van der Waals surface area contributed by atoms with E-state index >= 15 is 0 Å². The highest BCUT2D eigenvalue weighted by Gasteiger charge is 2.14. The summed E-state index contributed by atoms with van der Waals surface area (Å²) in [5.41, 5.74) is 2.21. The molecule has 0 amide bonds. The normalized spacial score (nSPS) is 12.3. The summed E-state index contributed by atoms with van der Waals surface area (Å²) >= 11 is 0.952. The van der Waals surface area contributed by atoms with E-state index in [4.69, 9.17) is 5.11 Å². The van der Waals surface area contributed by atoms with Gasteiger partial charge < -0.3 is 5.11 Å². The van der Waals surface area contributed by atoms with Crippen LogP contribution in [0.4, 0.5) is 0 Å². The van der Waals surface area contributed by atoms with E-state index in [0.29, 0.717) is 17.0 Å². The number of carboxylic acids is 1. The van der Waals surface area contributed by atoms with E-state index in [1.54, 1.807) is 31.8 Å². The first-order valence-electron chi connectivity index (χ1n) is 7.68. The van der Waals surface area contributed by atoms with Gasteiger partial charge in [-0.25, -0.2) is 4.98 Å². The van der Waals surface area contributed by atoms with E-state index in [9.17, 15) is 14.9 Å². The second kappa shape index (κ2) is 8.45. The zero-order valence-corrected chi connectivity index (χ0v) is 15.8. The number of nitro groups is 1. The van der Waals surface area contributed by atoms with Crippen molar-refractivity contribution in [1.82, 2.24) is 25.0 Å². The molecule has 2 N–H and O–H groups in total. The zero-order valence-electron chi connectivity index (χ0n) is 15.0. The maximum absolute atomic E-state index is 11.4. The molecule has 0 fully saturated rings. The summed E-state index contributed by atoms with van der Waals surface area (Å²) in [4.78, 5) is 25.6. The minimum atomic E-state index is -0.985. The summed E-state index contributed by atoms with van der Waals surface area (Å²) in [6.45, 7) is 7.33. The summed E-state index contributed by atoms with van der Waals surface area (Å²) in [6, 6.07) is 0. The summed E-state index contributed by atoms with van der Waals surface area (Å²) in [6.07, 6.45) is 4.46. The van der Waals surface area contributed by atoms with Gasteiger partial charge in [0.25, 0.3) is 5.70 Å². The number of hydrogen-bond acceptors (Lipinski definition) is 7. The van der Waals surface area contributed by atoms with Gasteiger partial charge in [0.2, 0.25) is 5.16 Å². The van der Waals surface area contributed by atoms with Crippen LogP contribution in [-0.4, -0.2) is 46.7 Å². The number of aromatic amines is 1. The Kier molecular flexibility index (Phi) is 6.29. The molecule has 0 spiro atoms. The van der Waals surface area contributed by atoms with Crippen molar-refractivity contribution < 1.29 is 14.8 Å². The Hall–Kier alpha value is -3.21. The number of nitrogens with one attached hydrogen (secondary N) is 1. The SMILES string of the molecule is C=C(C=C(C=C(C)c1nc(SCC(=O)O)n[nH]1)[N+](=O)[O-])c1cn(C)nc1C. The van der Waals surface area contributed by atoms with Gasteiger partial charge in [-0.1, -0.05) is 18.3 Å². The molecular formula is C16H18N6O4S. The van der Waals surface area contributed by atoms with Gasteiger partial charge in [-0.3, -0.25) is 24.7 Å². The van der Waals surface area contributed by atoms with Crippen LogP contribution in [0.15, 0.2) is 35.8 Å². The first-order chi connectivity index (χ1) is 12.7. The Morgan fingerprint density at radius 1 is 1.52 bits per heavy atom. The molecule has 2 aromatic rings. The van der Waals surface area contributed by atoms with Crippen LogP contribution in [0.1, 0.15) is 24.0 Å². The monoisotopic (exact) mass is 390 g/mol. The van der Waals surface area contributed by atoms with Crippen LogP contribution >= 0.6 is 11.8 Å². The zero-order chi connectivity index (χ0) is 20.1. The maximum atomic E-state index is 11.4. The van der Waals surface area contributed by atoms with E-state index in [-0.39, 0.29) is 16.6 Å². The number of nitrogens with zero attached hydrogens (tertiary/aromatic N) is 5. The molecule has 2 heterocycles. The lowest BCUT2D eigenvalue weighted by atomic mass is 10.1. The molecule has 0 radical (unpaired) electrons. The third-order valence-electron chi connectivity index (χ3n) is 3.42. The molecule has 2 rings (SSSR count). The van der Waals surface area contributed by atoms with E-state index in [1.807, 2.05) is 0 Å². The van der Waals surface area contributed by atoms with Crippen molar-refractivity contribution in [2.75, 3.05) is 5.75 Å². The molecule has 0 bridgehead atoms. The number of thioether (sulfide) groups is 1. The predicted octanol–water partition coefficient (Wildman–Crippen LogP) is 2.30. The molecule has 142 valence electrons. The lowest BCUT2D eigenvalue weighted by Gasteiger charge is -1.99. The van der Waals surface area contributed by atoms with Crippen molar-refractivity contribution in [1.29, 1.82) is 0 Å². The Balaban J connectivity index is 2.26. The van der Waals surface area contributed by atoms with Crippen molar-refractivity contribution in [3.8, 4) is 0 Å². The Bertz CT molecular complexity index is 956. The van der Waals surface area contributed by atoms with Gasteiger partial charge in [-0.05, 0) is 19.4 Å². The molecule has 0 aliphatic heterocycles. The van der Waals surface area contributed by atoms with Crippen LogP contribution in [0.2, 0.25) is 0 Å². The Labute approximate surface area is 158 Å². The van der Waals surface area contributed by atoms with Gasteiger partial charge in [0.1, 0.15) is 0 Å². The van der Waals surface area contributed by atoms with Crippen LogP contribution in [0.3, 0.4) is 0 Å². The Morgan fingerprint density at radius 2 is 2.22 bits per heavy atom. The first kappa shape index (κ1) is 20.1. The number of aliphatic carboxylic acids is 1. The number of aryl methyl sites for hydroxylation is 2. The highest BCUT2D eigenvalue weighted by atomic mass is 32.2. The van der Waals surface area contributed by atoms with Crippen molar-refractivity contribution in [3.05, 3.63) is 57.8 Å². The highest BCUT2D eigenvalue weighted by molar-refractivity contribution is 7.99. The summed E-state index contributed by atoms with van der Waals surface area (Å²) < 4.78 is 1.61. The molecule has 0 saturated heterocycles. The van der Waals surface area contributed by atoms with Crippen LogP contribution in [0.25, 0.3) is 11.1 Å². The number of carbonyl (C=O) groups is 1. The number of H-pyrrole nitrogens is 1. The number of carboxylic acid groups (broad SMARTS) is 1. The van der Waals surface area contributed by atoms with E-state index in [2.05, 4.69) is 26.9 Å². The van der Waals surface area contributed by atoms with Crippen LogP contribution in [0.5, 0.6) is 0 Å². The fourth-order valence-corrected chi connectivity index (χ4v) is 2.74. The molecule has 27 heavy (non-hydrogen) atoms. The van der Waals surface area contributed by atoms with Gasteiger partial charge in [0, 0.05) is 36.5 Å². The van der Waals surface area contributed by atoms with Crippen molar-refractivity contribution in [2.45, 2.75) is 19.0 Å². The molecule has 0 aromatic carbocycles. The van der Waals surface area contributed by atoms with Crippen molar-refractivity contribution in [3.63, 3.8) is 0 Å². The van der Waals surface area contributed by atoms with Crippen LogP contribution in [0, 0.1) is 17.0 Å². The largest absolute Gasteiger partial charge is 0.481 e. The number of aromatic nitrogens is 5. The topological polar surface area (TPSA) is 140 Å². The third kappa shape index (κ3) is 5.38. The fraction of sp³-hybridized carbons (Fsp3) is 0.250. The van der Waals surface area contributed by atoms with Gasteiger partial charge in [-0.2, -0.15) is 5.10 Å². The average molecular weight is 390 g/mol. The first-order valence-corrected chi connectivity index (χ1v) is 8.67. The van der Waals surface area contributed by atoms with Crippen molar-refractivity contribution >= 4 is 28.9 Å². The van der Waals surface area contributed by atoms with Crippen LogP contribution in [-0.2, 0) is 11.8 Å². The van der Waals surface area contributed by atoms with E-state index in [0.717, 1.165) is 23.0 Å². The molecule has 0 aliphatic carbocycles. The third-order valence-corrected chi connectivity index (χ3v) is 4.25. The number of rotatable bonds is 8. The van der Waals surface area contributed by atoms with Gasteiger partial charge in [0.15, 0.2) is 5.82 Å². The van der Waals surface area contributed by atoms with Gasteiger partial charge in [0.05, 0.1) is 16.4 Å². The molecule has 2 aromatic heterocycles. The smallest absolute Gasteiger partial charge is 0.313 e. The quantitative estimate of drug-likeness (QED) is 0.303. The highest BCUT2D eigenvalue weighted by Crippen LogP contribution is 2.21. The van der Waals surface area contributed by atoms with E-state index < -0.39 is 10.9 Å². The molecule has 11 heteroatoms. The second-order valence-electron chi connectivity index (χ2n) is 5.63. The fourth-order valence-electron chi connectivity index (χ4n) is 2.22. The minimum Gasteiger partial charge on any atom is -0.481 e. The molecule has 0 unspecified atom stereocenters. The van der Waals surface area contributed by atoms with E-state index in [1.165, 1.54) is 12.2 Å².